The number of hydrogen-bond donors (Lipinski definition) is 1. The Hall–Kier alpha value is -3.41. The second-order valence-electron chi connectivity index (χ2n) is 6.87. The van der Waals surface area contributed by atoms with Crippen molar-refractivity contribution in [3.63, 3.8) is 0 Å². The van der Waals surface area contributed by atoms with Crippen LogP contribution in [0.5, 0.6) is 0 Å². The largest absolute Gasteiger partial charge is 0.457 e. The molecule has 12 heteroatoms. The summed E-state index contributed by atoms with van der Waals surface area (Å²) in [6, 6.07) is 13.8. The van der Waals surface area contributed by atoms with Crippen LogP contribution in [0, 0.1) is 0 Å². The van der Waals surface area contributed by atoms with Crippen molar-refractivity contribution in [3.05, 3.63) is 77.0 Å². The number of rotatable bonds is 4. The van der Waals surface area contributed by atoms with Crippen LogP contribution in [0.1, 0.15) is 5.76 Å². The van der Waals surface area contributed by atoms with Crippen molar-refractivity contribution in [1.82, 2.24) is 0 Å². The van der Waals surface area contributed by atoms with Crippen molar-refractivity contribution in [3.8, 4) is 11.3 Å². The van der Waals surface area contributed by atoms with Crippen LogP contribution >= 0.6 is 11.6 Å². The van der Waals surface area contributed by atoms with Crippen molar-refractivity contribution in [2.75, 3.05) is 5.01 Å². The molecule has 2 heterocycles. The molecule has 0 fully saturated rings. The van der Waals surface area contributed by atoms with Gasteiger partial charge in [-0.15, -0.1) is 0 Å². The molecule has 2 N–H and O–H groups in total. The third kappa shape index (κ3) is 4.70. The first-order chi connectivity index (χ1) is 15.4. The van der Waals surface area contributed by atoms with Crippen LogP contribution in [-0.2, 0) is 14.8 Å². The Kier molecular flexibility index (Phi) is 5.64. The standard InChI is InChI=1S/C21H13ClF3N3O4S/c22-13-3-5-14(6-4-13)28-20(29)17(19(27-28)21(23,24)25)11-15-7-10-18(32-15)12-1-8-16(9-2-12)33(26,30)31/h1-11H,(H2,26,30,31)/b17-11-. The van der Waals surface area contributed by atoms with E-state index in [-0.39, 0.29) is 22.1 Å². The van der Waals surface area contributed by atoms with E-state index in [1.165, 1.54) is 60.7 Å². The molecule has 0 saturated carbocycles. The maximum absolute atomic E-state index is 13.6. The molecule has 0 bridgehead atoms. The monoisotopic (exact) mass is 495 g/mol. The molecule has 0 unspecified atom stereocenters. The minimum Gasteiger partial charge on any atom is -0.457 e. The predicted octanol–water partition coefficient (Wildman–Crippen LogP) is 4.60. The molecule has 0 radical (unpaired) electrons. The lowest BCUT2D eigenvalue weighted by atomic mass is 10.1. The van der Waals surface area contributed by atoms with Crippen LogP contribution in [0.25, 0.3) is 17.4 Å². The number of anilines is 1. The number of nitrogens with zero attached hydrogens (tertiary/aromatic N) is 2. The molecule has 3 aromatic rings. The van der Waals surface area contributed by atoms with E-state index in [1.54, 1.807) is 0 Å². The van der Waals surface area contributed by atoms with Gasteiger partial charge in [-0.3, -0.25) is 4.79 Å². The summed E-state index contributed by atoms with van der Waals surface area (Å²) in [5, 5.41) is 9.52. The Bertz CT molecular complexity index is 1390. The van der Waals surface area contributed by atoms with Gasteiger partial charge in [-0.05, 0) is 66.7 Å². The normalized spacial score (nSPS) is 15.9. The minimum atomic E-state index is -4.89. The second kappa shape index (κ2) is 8.18. The van der Waals surface area contributed by atoms with E-state index in [9.17, 15) is 26.4 Å². The highest BCUT2D eigenvalue weighted by atomic mass is 35.5. The first kappa shape index (κ1) is 22.8. The number of alkyl halides is 3. The minimum absolute atomic E-state index is 0.0289. The van der Waals surface area contributed by atoms with Crippen LogP contribution in [0.3, 0.4) is 0 Å². The molecule has 2 aromatic carbocycles. The number of benzene rings is 2. The van der Waals surface area contributed by atoms with Crippen LogP contribution in [0.15, 0.2) is 80.7 Å². The summed E-state index contributed by atoms with van der Waals surface area (Å²) < 4.78 is 69.0. The zero-order chi connectivity index (χ0) is 24.0. The van der Waals surface area contributed by atoms with E-state index in [1.807, 2.05) is 0 Å². The Morgan fingerprint density at radius 3 is 2.21 bits per heavy atom. The smallest absolute Gasteiger partial charge is 0.435 e. The lowest BCUT2D eigenvalue weighted by Gasteiger charge is -2.11. The molecule has 0 atom stereocenters. The van der Waals surface area contributed by atoms with Crippen molar-refractivity contribution >= 4 is 45.0 Å². The number of primary sulfonamides is 1. The second-order valence-corrected chi connectivity index (χ2v) is 8.87. The summed E-state index contributed by atoms with van der Waals surface area (Å²) in [4.78, 5) is 12.7. The number of carbonyl (C=O) groups is 1. The third-order valence-electron chi connectivity index (χ3n) is 4.60. The Morgan fingerprint density at radius 2 is 1.64 bits per heavy atom. The molecule has 1 aromatic heterocycles. The van der Waals surface area contributed by atoms with Gasteiger partial charge in [-0.25, -0.2) is 13.6 Å². The molecule has 1 amide bonds. The van der Waals surface area contributed by atoms with E-state index < -0.39 is 33.4 Å². The van der Waals surface area contributed by atoms with Gasteiger partial charge in [0.1, 0.15) is 11.5 Å². The van der Waals surface area contributed by atoms with Gasteiger partial charge in [0, 0.05) is 10.6 Å². The van der Waals surface area contributed by atoms with Gasteiger partial charge >= 0.3 is 6.18 Å². The van der Waals surface area contributed by atoms with E-state index >= 15 is 0 Å². The Labute approximate surface area is 190 Å². The number of nitrogens with two attached hydrogens (primary N) is 1. The zero-order valence-electron chi connectivity index (χ0n) is 16.4. The molecule has 170 valence electrons. The fourth-order valence-corrected chi connectivity index (χ4v) is 3.69. The Morgan fingerprint density at radius 1 is 1.00 bits per heavy atom. The summed E-state index contributed by atoms with van der Waals surface area (Å²) in [6.45, 7) is 0. The highest BCUT2D eigenvalue weighted by Crippen LogP contribution is 2.34. The van der Waals surface area contributed by atoms with Gasteiger partial charge < -0.3 is 4.42 Å². The number of carbonyl (C=O) groups excluding carboxylic acids is 1. The van der Waals surface area contributed by atoms with Gasteiger partial charge in [0.05, 0.1) is 16.2 Å². The van der Waals surface area contributed by atoms with Crippen molar-refractivity contribution in [1.29, 1.82) is 0 Å². The summed E-state index contributed by atoms with van der Waals surface area (Å²) in [7, 11) is -3.88. The van der Waals surface area contributed by atoms with Crippen LogP contribution < -0.4 is 10.1 Å². The summed E-state index contributed by atoms with van der Waals surface area (Å²) >= 11 is 5.80. The number of hydrogen-bond acceptors (Lipinski definition) is 5. The fourth-order valence-electron chi connectivity index (χ4n) is 3.05. The average Bonchev–Trinajstić information content (AvgIpc) is 3.34. The first-order valence-electron chi connectivity index (χ1n) is 9.14. The summed E-state index contributed by atoms with van der Waals surface area (Å²) in [5.41, 5.74) is -1.48. The molecule has 1 aliphatic heterocycles. The van der Waals surface area contributed by atoms with Gasteiger partial charge in [0.2, 0.25) is 10.0 Å². The van der Waals surface area contributed by atoms with Crippen molar-refractivity contribution in [2.24, 2.45) is 10.2 Å². The van der Waals surface area contributed by atoms with Crippen LogP contribution in [0.4, 0.5) is 18.9 Å². The van der Waals surface area contributed by atoms with Gasteiger partial charge in [0.15, 0.2) is 5.71 Å². The molecule has 1 aliphatic rings. The molecule has 0 aliphatic carbocycles. The van der Waals surface area contributed by atoms with E-state index in [4.69, 9.17) is 21.2 Å². The van der Waals surface area contributed by atoms with Crippen molar-refractivity contribution in [2.45, 2.75) is 11.1 Å². The molecule has 7 nitrogen and oxygen atoms in total. The SMILES string of the molecule is NS(=O)(=O)c1ccc(-c2ccc(/C=C3\C(=O)N(c4ccc(Cl)cc4)N=C3C(F)(F)F)o2)cc1. The lowest BCUT2D eigenvalue weighted by molar-refractivity contribution is -0.114. The topological polar surface area (TPSA) is 106 Å². The predicted molar refractivity (Wildman–Crippen MR) is 116 cm³/mol. The number of hydrazone groups is 1. The number of amides is 1. The summed E-state index contributed by atoms with van der Waals surface area (Å²) in [6.07, 6.45) is -3.94. The quantitative estimate of drug-likeness (QED) is 0.534. The molecule has 4 rings (SSSR count). The number of sulfonamides is 1. The number of furan rings is 1. The summed E-state index contributed by atoms with van der Waals surface area (Å²) in [5.74, 6) is -0.771. The molecular weight excluding hydrogens is 483 g/mol. The highest BCUT2D eigenvalue weighted by Gasteiger charge is 2.47. The van der Waals surface area contributed by atoms with Gasteiger partial charge in [0.25, 0.3) is 5.91 Å². The molecule has 33 heavy (non-hydrogen) atoms. The maximum Gasteiger partial charge on any atom is 0.435 e. The maximum atomic E-state index is 13.6. The van der Waals surface area contributed by atoms with Gasteiger partial charge in [-0.2, -0.15) is 23.3 Å². The van der Waals surface area contributed by atoms with Gasteiger partial charge in [-0.1, -0.05) is 11.6 Å². The lowest BCUT2D eigenvalue weighted by Crippen LogP contribution is -2.25. The van der Waals surface area contributed by atoms with E-state index in [0.717, 1.165) is 6.08 Å². The van der Waals surface area contributed by atoms with E-state index in [2.05, 4.69) is 5.10 Å². The third-order valence-corrected chi connectivity index (χ3v) is 5.78. The zero-order valence-corrected chi connectivity index (χ0v) is 17.9. The molecular formula is C21H13ClF3N3O4S. The van der Waals surface area contributed by atoms with Crippen LogP contribution in [0.2, 0.25) is 5.02 Å². The average molecular weight is 496 g/mol. The molecule has 0 saturated heterocycles. The van der Waals surface area contributed by atoms with Crippen molar-refractivity contribution < 1.29 is 30.8 Å². The highest BCUT2D eigenvalue weighted by molar-refractivity contribution is 7.89. The Balaban J connectivity index is 1.68. The number of halogens is 4. The van der Waals surface area contributed by atoms with Crippen LogP contribution in [-0.4, -0.2) is 26.2 Å². The fraction of sp³-hybridized carbons (Fsp3) is 0.0476. The molecule has 0 spiro atoms. The first-order valence-corrected chi connectivity index (χ1v) is 11.1. The van der Waals surface area contributed by atoms with E-state index in [0.29, 0.717) is 15.6 Å².